The number of halogens is 1. The maximum Gasteiger partial charge on any atom is 0.171 e. The zero-order valence-corrected chi connectivity index (χ0v) is 8.74. The first-order valence-electron chi connectivity index (χ1n) is 3.96. The van der Waals surface area contributed by atoms with Gasteiger partial charge in [0.1, 0.15) is 11.5 Å². The number of alkyl halides is 1. The maximum atomic E-state index is 5.51. The van der Waals surface area contributed by atoms with E-state index in [1.54, 1.807) is 7.11 Å². The highest BCUT2D eigenvalue weighted by molar-refractivity contribution is 9.09. The van der Waals surface area contributed by atoms with Crippen LogP contribution in [0.2, 0.25) is 0 Å². The molecule has 68 valence electrons. The standard InChI is InChI=1S/C10H9BrO2/c1-12-8-3-4-9-7(6-8)2-5-10(11)13-9/h2-6,10H,1H3. The first-order valence-corrected chi connectivity index (χ1v) is 4.88. The van der Waals surface area contributed by atoms with Crippen molar-refractivity contribution in [2.75, 3.05) is 7.11 Å². The van der Waals surface area contributed by atoms with Crippen molar-refractivity contribution in [2.45, 2.75) is 5.01 Å². The molecular formula is C10H9BrO2. The fourth-order valence-corrected chi connectivity index (χ4v) is 1.58. The summed E-state index contributed by atoms with van der Waals surface area (Å²) in [4.78, 5) is 0. The van der Waals surface area contributed by atoms with E-state index < -0.39 is 0 Å². The minimum Gasteiger partial charge on any atom is -0.497 e. The van der Waals surface area contributed by atoms with Gasteiger partial charge in [0.25, 0.3) is 0 Å². The van der Waals surface area contributed by atoms with Crippen molar-refractivity contribution < 1.29 is 9.47 Å². The molecule has 0 saturated heterocycles. The smallest absolute Gasteiger partial charge is 0.171 e. The Bertz CT molecular complexity index is 347. The van der Waals surface area contributed by atoms with E-state index in [0.717, 1.165) is 17.1 Å². The minimum atomic E-state index is -0.0200. The summed E-state index contributed by atoms with van der Waals surface area (Å²) in [6.07, 6.45) is 3.96. The van der Waals surface area contributed by atoms with Crippen LogP contribution in [0.15, 0.2) is 24.3 Å². The number of fused-ring (bicyclic) bond motifs is 1. The molecule has 2 rings (SSSR count). The van der Waals surface area contributed by atoms with Crippen LogP contribution in [0.1, 0.15) is 5.56 Å². The first-order chi connectivity index (χ1) is 6.29. The van der Waals surface area contributed by atoms with E-state index in [2.05, 4.69) is 15.9 Å². The highest BCUT2D eigenvalue weighted by Crippen LogP contribution is 2.30. The van der Waals surface area contributed by atoms with Crippen LogP contribution in [0.25, 0.3) is 6.08 Å². The molecule has 2 nitrogen and oxygen atoms in total. The molecule has 0 spiro atoms. The Hall–Kier alpha value is -0.960. The molecule has 0 radical (unpaired) electrons. The summed E-state index contributed by atoms with van der Waals surface area (Å²) in [7, 11) is 1.66. The van der Waals surface area contributed by atoms with Crippen molar-refractivity contribution in [1.82, 2.24) is 0 Å². The average Bonchev–Trinajstić information content (AvgIpc) is 2.17. The molecule has 0 aromatic heterocycles. The molecule has 3 heteroatoms. The van der Waals surface area contributed by atoms with E-state index in [9.17, 15) is 0 Å². The summed E-state index contributed by atoms with van der Waals surface area (Å²) in [5.74, 6) is 1.73. The number of hydrogen-bond acceptors (Lipinski definition) is 2. The van der Waals surface area contributed by atoms with Gasteiger partial charge in [-0.25, -0.2) is 0 Å². The first kappa shape index (κ1) is 8.63. The summed E-state index contributed by atoms with van der Waals surface area (Å²) < 4.78 is 10.6. The molecule has 1 aromatic carbocycles. The molecule has 0 bridgehead atoms. The lowest BCUT2D eigenvalue weighted by atomic mass is 10.1. The van der Waals surface area contributed by atoms with E-state index in [1.165, 1.54) is 0 Å². The van der Waals surface area contributed by atoms with Crippen molar-refractivity contribution in [3.05, 3.63) is 29.8 Å². The number of benzene rings is 1. The second-order valence-electron chi connectivity index (χ2n) is 2.73. The third kappa shape index (κ3) is 1.70. The lowest BCUT2D eigenvalue weighted by Gasteiger charge is -2.17. The fraction of sp³-hybridized carbons (Fsp3) is 0.200. The largest absolute Gasteiger partial charge is 0.497 e. The zero-order valence-electron chi connectivity index (χ0n) is 7.16. The van der Waals surface area contributed by atoms with Gasteiger partial charge in [-0.05, 0) is 40.2 Å². The quantitative estimate of drug-likeness (QED) is 0.704. The molecule has 1 heterocycles. The molecule has 0 amide bonds. The molecule has 1 unspecified atom stereocenters. The summed E-state index contributed by atoms with van der Waals surface area (Å²) in [6.45, 7) is 0. The van der Waals surface area contributed by atoms with Gasteiger partial charge in [-0.1, -0.05) is 6.08 Å². The number of hydrogen-bond donors (Lipinski definition) is 0. The van der Waals surface area contributed by atoms with Crippen LogP contribution in [0, 0.1) is 0 Å². The molecule has 1 atom stereocenters. The van der Waals surface area contributed by atoms with E-state index >= 15 is 0 Å². The zero-order chi connectivity index (χ0) is 9.26. The summed E-state index contributed by atoms with van der Waals surface area (Å²) in [6, 6.07) is 5.74. The predicted molar refractivity (Wildman–Crippen MR) is 55.4 cm³/mol. The monoisotopic (exact) mass is 240 g/mol. The molecule has 13 heavy (non-hydrogen) atoms. The highest BCUT2D eigenvalue weighted by atomic mass is 79.9. The SMILES string of the molecule is COc1ccc2c(c1)C=CC(Br)O2. The van der Waals surface area contributed by atoms with Gasteiger partial charge in [-0.2, -0.15) is 0 Å². The van der Waals surface area contributed by atoms with E-state index in [-0.39, 0.29) is 5.01 Å². The molecule has 1 aliphatic rings. The van der Waals surface area contributed by atoms with Gasteiger partial charge in [-0.3, -0.25) is 0 Å². The number of ether oxygens (including phenoxy) is 2. The molecule has 1 aromatic rings. The van der Waals surface area contributed by atoms with Crippen LogP contribution >= 0.6 is 15.9 Å². The molecule has 0 aliphatic carbocycles. The Morgan fingerprint density at radius 2 is 2.31 bits per heavy atom. The number of methoxy groups -OCH3 is 1. The molecule has 0 N–H and O–H groups in total. The minimum absolute atomic E-state index is 0.0200. The highest BCUT2D eigenvalue weighted by Gasteiger charge is 2.11. The van der Waals surface area contributed by atoms with Crippen LogP contribution in [-0.2, 0) is 0 Å². The lowest BCUT2D eigenvalue weighted by Crippen LogP contribution is -2.08. The van der Waals surface area contributed by atoms with Crippen LogP contribution in [0.5, 0.6) is 11.5 Å². The van der Waals surface area contributed by atoms with Crippen LogP contribution in [-0.4, -0.2) is 12.1 Å². The van der Waals surface area contributed by atoms with Gasteiger partial charge < -0.3 is 9.47 Å². The summed E-state index contributed by atoms with van der Waals surface area (Å²) in [5.41, 5.74) is 1.05. The van der Waals surface area contributed by atoms with Crippen LogP contribution < -0.4 is 9.47 Å². The second kappa shape index (κ2) is 3.42. The fourth-order valence-electron chi connectivity index (χ4n) is 1.23. The molecular weight excluding hydrogens is 232 g/mol. The van der Waals surface area contributed by atoms with Crippen LogP contribution in [0.3, 0.4) is 0 Å². The molecule has 1 aliphatic heterocycles. The van der Waals surface area contributed by atoms with Gasteiger partial charge in [-0.15, -0.1) is 0 Å². The van der Waals surface area contributed by atoms with Gasteiger partial charge in [0.05, 0.1) is 7.11 Å². The third-order valence-electron chi connectivity index (χ3n) is 1.88. The van der Waals surface area contributed by atoms with E-state index in [1.807, 2.05) is 30.4 Å². The third-order valence-corrected chi connectivity index (χ3v) is 2.38. The summed E-state index contributed by atoms with van der Waals surface area (Å²) in [5, 5.41) is -0.0200. The van der Waals surface area contributed by atoms with Crippen molar-refractivity contribution >= 4 is 22.0 Å². The van der Waals surface area contributed by atoms with Gasteiger partial charge in [0.2, 0.25) is 0 Å². The van der Waals surface area contributed by atoms with Gasteiger partial charge in [0.15, 0.2) is 5.01 Å². The maximum absolute atomic E-state index is 5.51. The molecule has 0 fully saturated rings. The van der Waals surface area contributed by atoms with E-state index in [4.69, 9.17) is 9.47 Å². The van der Waals surface area contributed by atoms with Gasteiger partial charge >= 0.3 is 0 Å². The second-order valence-corrected chi connectivity index (χ2v) is 3.63. The van der Waals surface area contributed by atoms with Crippen LogP contribution in [0.4, 0.5) is 0 Å². The van der Waals surface area contributed by atoms with Crippen molar-refractivity contribution in [3.63, 3.8) is 0 Å². The van der Waals surface area contributed by atoms with Crippen molar-refractivity contribution in [1.29, 1.82) is 0 Å². The normalized spacial score (nSPS) is 19.1. The van der Waals surface area contributed by atoms with E-state index in [0.29, 0.717) is 0 Å². The van der Waals surface area contributed by atoms with Gasteiger partial charge in [0, 0.05) is 5.56 Å². The number of rotatable bonds is 1. The Balaban J connectivity index is 2.40. The lowest BCUT2D eigenvalue weighted by molar-refractivity contribution is 0.333. The molecule has 0 saturated carbocycles. The Labute approximate surface area is 85.3 Å². The summed E-state index contributed by atoms with van der Waals surface area (Å²) >= 11 is 3.35. The average molecular weight is 241 g/mol. The Morgan fingerprint density at radius 1 is 1.46 bits per heavy atom. The Kier molecular flexibility index (Phi) is 2.27. The van der Waals surface area contributed by atoms with Crippen molar-refractivity contribution in [3.8, 4) is 11.5 Å². The predicted octanol–water partition coefficient (Wildman–Crippen LogP) is 2.82. The topological polar surface area (TPSA) is 18.5 Å². The Morgan fingerprint density at radius 3 is 3.08 bits per heavy atom. The van der Waals surface area contributed by atoms with Crippen molar-refractivity contribution in [2.24, 2.45) is 0 Å².